The molecule has 0 saturated carbocycles. The SMILES string of the molecule is COc1cc(Cl)ccc1C(=O)NC(CCO)C(C)C. The van der Waals surface area contributed by atoms with Gasteiger partial charge in [-0.1, -0.05) is 25.4 Å². The van der Waals surface area contributed by atoms with Crippen LogP contribution < -0.4 is 10.1 Å². The number of methoxy groups -OCH3 is 1. The average molecular weight is 286 g/mol. The number of benzene rings is 1. The summed E-state index contributed by atoms with van der Waals surface area (Å²) in [5.41, 5.74) is 0.440. The summed E-state index contributed by atoms with van der Waals surface area (Å²) in [6.45, 7) is 4.04. The summed E-state index contributed by atoms with van der Waals surface area (Å²) in [6, 6.07) is 4.81. The number of aliphatic hydroxyl groups excluding tert-OH is 1. The Morgan fingerprint density at radius 3 is 2.68 bits per heavy atom. The number of carbonyl (C=O) groups excluding carboxylic acids is 1. The van der Waals surface area contributed by atoms with E-state index in [0.717, 1.165) is 0 Å². The van der Waals surface area contributed by atoms with Crippen LogP contribution in [-0.4, -0.2) is 30.8 Å². The van der Waals surface area contributed by atoms with Gasteiger partial charge in [0.2, 0.25) is 0 Å². The Morgan fingerprint density at radius 1 is 1.47 bits per heavy atom. The maximum absolute atomic E-state index is 12.2. The zero-order valence-electron chi connectivity index (χ0n) is 11.4. The van der Waals surface area contributed by atoms with E-state index in [1.807, 2.05) is 13.8 Å². The molecule has 106 valence electrons. The van der Waals surface area contributed by atoms with Crippen molar-refractivity contribution in [1.29, 1.82) is 0 Å². The average Bonchev–Trinajstić information content (AvgIpc) is 2.37. The van der Waals surface area contributed by atoms with E-state index in [2.05, 4.69) is 5.32 Å². The molecule has 0 spiro atoms. The number of carbonyl (C=O) groups is 1. The number of ether oxygens (including phenoxy) is 1. The lowest BCUT2D eigenvalue weighted by Crippen LogP contribution is -2.39. The molecule has 0 fully saturated rings. The number of nitrogens with one attached hydrogen (secondary N) is 1. The first-order valence-corrected chi connectivity index (χ1v) is 6.62. The van der Waals surface area contributed by atoms with Crippen LogP contribution in [0.2, 0.25) is 5.02 Å². The van der Waals surface area contributed by atoms with Crippen molar-refractivity contribution in [1.82, 2.24) is 5.32 Å². The second kappa shape index (κ2) is 7.36. The van der Waals surface area contributed by atoms with Gasteiger partial charge in [-0.2, -0.15) is 0 Å². The van der Waals surface area contributed by atoms with Crippen LogP contribution in [0.5, 0.6) is 5.75 Å². The molecule has 1 unspecified atom stereocenters. The summed E-state index contributed by atoms with van der Waals surface area (Å²) in [5, 5.41) is 12.4. The number of rotatable bonds is 6. The van der Waals surface area contributed by atoms with Gasteiger partial charge in [0.25, 0.3) is 5.91 Å². The lowest BCUT2D eigenvalue weighted by Gasteiger charge is -2.22. The van der Waals surface area contributed by atoms with Crippen LogP contribution in [0.1, 0.15) is 30.6 Å². The fourth-order valence-corrected chi connectivity index (χ4v) is 1.97. The number of hydrogen-bond donors (Lipinski definition) is 2. The molecule has 1 aromatic carbocycles. The molecule has 0 heterocycles. The standard InChI is InChI=1S/C14H20ClNO3/c1-9(2)12(6-7-17)16-14(18)11-5-4-10(15)8-13(11)19-3/h4-5,8-9,12,17H,6-7H2,1-3H3,(H,16,18). The first kappa shape index (κ1) is 15.8. The van der Waals surface area contributed by atoms with E-state index in [1.165, 1.54) is 7.11 Å². The van der Waals surface area contributed by atoms with Crippen LogP contribution in [0.15, 0.2) is 18.2 Å². The van der Waals surface area contributed by atoms with Crippen molar-refractivity contribution in [3.8, 4) is 5.75 Å². The second-order valence-electron chi connectivity index (χ2n) is 4.68. The molecule has 0 radical (unpaired) electrons. The van der Waals surface area contributed by atoms with Crippen LogP contribution in [0.4, 0.5) is 0 Å². The Morgan fingerprint density at radius 2 is 2.16 bits per heavy atom. The molecule has 1 rings (SSSR count). The molecule has 5 heteroatoms. The highest BCUT2D eigenvalue weighted by molar-refractivity contribution is 6.30. The topological polar surface area (TPSA) is 58.6 Å². The molecule has 0 aliphatic heterocycles. The minimum Gasteiger partial charge on any atom is -0.496 e. The van der Waals surface area contributed by atoms with Gasteiger partial charge in [-0.05, 0) is 30.5 Å². The van der Waals surface area contributed by atoms with Crippen LogP contribution in [0.25, 0.3) is 0 Å². The van der Waals surface area contributed by atoms with Gasteiger partial charge in [0, 0.05) is 17.7 Å². The van der Waals surface area contributed by atoms with Crippen molar-refractivity contribution in [2.75, 3.05) is 13.7 Å². The zero-order valence-corrected chi connectivity index (χ0v) is 12.2. The highest BCUT2D eigenvalue weighted by atomic mass is 35.5. The molecule has 4 nitrogen and oxygen atoms in total. The molecular weight excluding hydrogens is 266 g/mol. The van der Waals surface area contributed by atoms with Gasteiger partial charge in [0.05, 0.1) is 12.7 Å². The first-order chi connectivity index (χ1) is 8.99. The number of hydrogen-bond acceptors (Lipinski definition) is 3. The minimum absolute atomic E-state index is 0.0425. The summed E-state index contributed by atoms with van der Waals surface area (Å²) >= 11 is 5.86. The molecule has 0 saturated heterocycles. The number of halogens is 1. The molecule has 1 atom stereocenters. The summed E-state index contributed by atoms with van der Waals surface area (Å²) in [7, 11) is 1.50. The van der Waals surface area contributed by atoms with Gasteiger partial charge in [-0.3, -0.25) is 4.79 Å². The van der Waals surface area contributed by atoms with Crippen molar-refractivity contribution >= 4 is 17.5 Å². The summed E-state index contributed by atoms with van der Waals surface area (Å²) in [5.74, 6) is 0.464. The summed E-state index contributed by atoms with van der Waals surface area (Å²) in [4.78, 5) is 12.2. The molecule has 0 aromatic heterocycles. The maximum atomic E-state index is 12.2. The lowest BCUT2D eigenvalue weighted by molar-refractivity contribution is 0.0913. The van der Waals surface area contributed by atoms with Gasteiger partial charge in [0.15, 0.2) is 0 Å². The third kappa shape index (κ3) is 4.40. The second-order valence-corrected chi connectivity index (χ2v) is 5.12. The Hall–Kier alpha value is -1.26. The predicted molar refractivity (Wildman–Crippen MR) is 75.8 cm³/mol. The Bertz CT molecular complexity index is 435. The number of amides is 1. The van der Waals surface area contributed by atoms with Crippen molar-refractivity contribution in [3.05, 3.63) is 28.8 Å². The largest absolute Gasteiger partial charge is 0.496 e. The van der Waals surface area contributed by atoms with Gasteiger partial charge >= 0.3 is 0 Å². The fourth-order valence-electron chi connectivity index (χ4n) is 1.81. The Balaban J connectivity index is 2.88. The quantitative estimate of drug-likeness (QED) is 0.844. The molecule has 0 aliphatic rings. The number of aliphatic hydroxyl groups is 1. The van der Waals surface area contributed by atoms with E-state index < -0.39 is 0 Å². The van der Waals surface area contributed by atoms with Gasteiger partial charge in [-0.25, -0.2) is 0 Å². The van der Waals surface area contributed by atoms with E-state index >= 15 is 0 Å². The van der Waals surface area contributed by atoms with E-state index in [4.69, 9.17) is 21.4 Å². The molecule has 1 aromatic rings. The van der Waals surface area contributed by atoms with E-state index in [1.54, 1.807) is 18.2 Å². The highest BCUT2D eigenvalue weighted by Crippen LogP contribution is 2.23. The third-order valence-corrected chi connectivity index (χ3v) is 3.20. The summed E-state index contributed by atoms with van der Waals surface area (Å²) < 4.78 is 5.15. The van der Waals surface area contributed by atoms with Gasteiger partial charge in [-0.15, -0.1) is 0 Å². The zero-order chi connectivity index (χ0) is 14.4. The molecule has 2 N–H and O–H groups in total. The van der Waals surface area contributed by atoms with Gasteiger partial charge < -0.3 is 15.2 Å². The Kier molecular flexibility index (Phi) is 6.12. The molecule has 0 bridgehead atoms. The maximum Gasteiger partial charge on any atom is 0.255 e. The van der Waals surface area contributed by atoms with E-state index in [9.17, 15) is 4.79 Å². The van der Waals surface area contributed by atoms with Crippen molar-refractivity contribution in [2.45, 2.75) is 26.3 Å². The van der Waals surface area contributed by atoms with Crippen LogP contribution >= 0.6 is 11.6 Å². The van der Waals surface area contributed by atoms with Crippen molar-refractivity contribution in [3.63, 3.8) is 0 Å². The first-order valence-electron chi connectivity index (χ1n) is 6.24. The van der Waals surface area contributed by atoms with Crippen LogP contribution in [0, 0.1) is 5.92 Å². The molecular formula is C14H20ClNO3. The minimum atomic E-state index is -0.222. The van der Waals surface area contributed by atoms with Crippen LogP contribution in [0.3, 0.4) is 0 Å². The fraction of sp³-hybridized carbons (Fsp3) is 0.500. The molecule has 0 aliphatic carbocycles. The predicted octanol–water partition coefficient (Wildman–Crippen LogP) is 2.49. The Labute approximate surface area is 118 Å². The summed E-state index contributed by atoms with van der Waals surface area (Å²) in [6.07, 6.45) is 0.527. The van der Waals surface area contributed by atoms with Gasteiger partial charge in [0.1, 0.15) is 5.75 Å². The third-order valence-electron chi connectivity index (χ3n) is 2.97. The molecule has 19 heavy (non-hydrogen) atoms. The van der Waals surface area contributed by atoms with Crippen LogP contribution in [-0.2, 0) is 0 Å². The van der Waals surface area contributed by atoms with E-state index in [0.29, 0.717) is 22.8 Å². The highest BCUT2D eigenvalue weighted by Gasteiger charge is 2.19. The smallest absolute Gasteiger partial charge is 0.255 e. The van der Waals surface area contributed by atoms with E-state index in [-0.39, 0.29) is 24.5 Å². The van der Waals surface area contributed by atoms with Crippen molar-refractivity contribution < 1.29 is 14.6 Å². The normalized spacial score (nSPS) is 12.3. The van der Waals surface area contributed by atoms with Crippen molar-refractivity contribution in [2.24, 2.45) is 5.92 Å². The monoisotopic (exact) mass is 285 g/mol. The lowest BCUT2D eigenvalue weighted by atomic mass is 10.0. The molecule has 1 amide bonds.